The highest BCUT2D eigenvalue weighted by molar-refractivity contribution is 6.30. The topological polar surface area (TPSA) is 53.6 Å². The molecule has 0 spiro atoms. The molecule has 2 aromatic rings. The molecular weight excluding hydrogens is 333 g/mol. The molecule has 0 saturated carbocycles. The SMILES string of the molecule is COc1ccc2c(c1CNC(=O)c1ccc(Cl)c(F)c1)N(C)CN2. The van der Waals surface area contributed by atoms with Gasteiger partial charge in [0, 0.05) is 24.7 Å². The first-order valence-corrected chi connectivity index (χ1v) is 7.77. The lowest BCUT2D eigenvalue weighted by Crippen LogP contribution is -2.25. The summed E-state index contributed by atoms with van der Waals surface area (Å²) < 4.78 is 18.9. The number of anilines is 2. The second kappa shape index (κ2) is 6.57. The van der Waals surface area contributed by atoms with E-state index in [1.165, 1.54) is 12.1 Å². The molecule has 3 rings (SSSR count). The van der Waals surface area contributed by atoms with E-state index >= 15 is 0 Å². The molecule has 0 aliphatic carbocycles. The van der Waals surface area contributed by atoms with Crippen LogP contribution in [0.15, 0.2) is 30.3 Å². The number of carbonyl (C=O) groups excluding carboxylic acids is 1. The van der Waals surface area contributed by atoms with Crippen molar-refractivity contribution >= 4 is 28.9 Å². The summed E-state index contributed by atoms with van der Waals surface area (Å²) >= 11 is 5.64. The number of hydrogen-bond acceptors (Lipinski definition) is 4. The normalized spacial score (nSPS) is 12.6. The smallest absolute Gasteiger partial charge is 0.251 e. The Morgan fingerprint density at radius 1 is 1.42 bits per heavy atom. The van der Waals surface area contributed by atoms with Gasteiger partial charge in [0.2, 0.25) is 0 Å². The molecule has 1 amide bonds. The van der Waals surface area contributed by atoms with Crippen molar-refractivity contribution in [2.24, 2.45) is 0 Å². The van der Waals surface area contributed by atoms with Crippen LogP contribution in [0.2, 0.25) is 5.02 Å². The molecule has 2 N–H and O–H groups in total. The zero-order valence-electron chi connectivity index (χ0n) is 13.3. The predicted molar refractivity (Wildman–Crippen MR) is 92.5 cm³/mol. The van der Waals surface area contributed by atoms with Crippen molar-refractivity contribution in [1.29, 1.82) is 0 Å². The molecule has 2 aromatic carbocycles. The Balaban J connectivity index is 1.83. The Bertz CT molecular complexity index is 798. The molecule has 1 aliphatic heterocycles. The van der Waals surface area contributed by atoms with Gasteiger partial charge in [0.1, 0.15) is 11.6 Å². The summed E-state index contributed by atoms with van der Waals surface area (Å²) in [5.74, 6) is -0.308. The lowest BCUT2D eigenvalue weighted by Gasteiger charge is -2.18. The second-order valence-corrected chi connectivity index (χ2v) is 5.89. The van der Waals surface area contributed by atoms with Gasteiger partial charge < -0.3 is 20.3 Å². The Hall–Kier alpha value is -2.47. The number of benzene rings is 2. The van der Waals surface area contributed by atoms with Gasteiger partial charge in [0.15, 0.2) is 0 Å². The zero-order chi connectivity index (χ0) is 17.3. The lowest BCUT2D eigenvalue weighted by molar-refractivity contribution is 0.0950. The molecule has 7 heteroatoms. The van der Waals surface area contributed by atoms with Crippen LogP contribution in [0.25, 0.3) is 0 Å². The Morgan fingerprint density at radius 3 is 2.92 bits per heavy atom. The minimum atomic E-state index is -0.619. The van der Waals surface area contributed by atoms with Crippen LogP contribution in [0.1, 0.15) is 15.9 Å². The van der Waals surface area contributed by atoms with Crippen molar-refractivity contribution < 1.29 is 13.9 Å². The van der Waals surface area contributed by atoms with Crippen LogP contribution in [0.5, 0.6) is 5.75 Å². The van der Waals surface area contributed by atoms with E-state index in [0.29, 0.717) is 12.4 Å². The van der Waals surface area contributed by atoms with Crippen LogP contribution in [0.3, 0.4) is 0 Å². The highest BCUT2D eigenvalue weighted by Crippen LogP contribution is 2.39. The number of nitrogens with zero attached hydrogens (tertiary/aromatic N) is 1. The van der Waals surface area contributed by atoms with Gasteiger partial charge >= 0.3 is 0 Å². The molecule has 0 saturated heterocycles. The van der Waals surface area contributed by atoms with Crippen molar-refractivity contribution in [2.45, 2.75) is 6.54 Å². The summed E-state index contributed by atoms with van der Waals surface area (Å²) in [6.07, 6.45) is 0. The molecule has 126 valence electrons. The molecule has 0 unspecified atom stereocenters. The van der Waals surface area contributed by atoms with Gasteiger partial charge in [-0.1, -0.05) is 11.6 Å². The maximum absolute atomic E-state index is 13.5. The molecule has 5 nitrogen and oxygen atoms in total. The summed E-state index contributed by atoms with van der Waals surface area (Å²) in [5.41, 5.74) is 3.05. The van der Waals surface area contributed by atoms with E-state index in [2.05, 4.69) is 10.6 Å². The third kappa shape index (κ3) is 2.97. The van der Waals surface area contributed by atoms with Gasteiger partial charge in [-0.2, -0.15) is 0 Å². The predicted octanol–water partition coefficient (Wildman–Crippen LogP) is 3.24. The molecule has 0 aromatic heterocycles. The quantitative estimate of drug-likeness (QED) is 0.889. The molecule has 0 radical (unpaired) electrons. The van der Waals surface area contributed by atoms with Crippen LogP contribution in [0.4, 0.5) is 15.8 Å². The third-order valence-corrected chi connectivity index (χ3v) is 4.26. The summed E-state index contributed by atoms with van der Waals surface area (Å²) in [6, 6.07) is 7.77. The fourth-order valence-electron chi connectivity index (χ4n) is 2.75. The summed E-state index contributed by atoms with van der Waals surface area (Å²) in [6.45, 7) is 0.952. The maximum atomic E-state index is 13.5. The van der Waals surface area contributed by atoms with Crippen molar-refractivity contribution in [3.63, 3.8) is 0 Å². The summed E-state index contributed by atoms with van der Waals surface area (Å²) in [4.78, 5) is 14.3. The van der Waals surface area contributed by atoms with Crippen LogP contribution in [-0.4, -0.2) is 26.7 Å². The lowest BCUT2D eigenvalue weighted by atomic mass is 10.1. The average Bonchev–Trinajstić information content (AvgIpc) is 2.96. The number of halogens is 2. The number of carbonyl (C=O) groups is 1. The second-order valence-electron chi connectivity index (χ2n) is 5.49. The van der Waals surface area contributed by atoms with Crippen molar-refractivity contribution in [1.82, 2.24) is 5.32 Å². The van der Waals surface area contributed by atoms with E-state index in [1.807, 2.05) is 24.1 Å². The monoisotopic (exact) mass is 349 g/mol. The van der Waals surface area contributed by atoms with Crippen LogP contribution < -0.4 is 20.3 Å². The molecule has 0 atom stereocenters. The van der Waals surface area contributed by atoms with Gasteiger partial charge in [0.05, 0.1) is 30.2 Å². The van der Waals surface area contributed by atoms with E-state index < -0.39 is 5.82 Å². The molecule has 0 bridgehead atoms. The fraction of sp³-hybridized carbons (Fsp3) is 0.235. The van der Waals surface area contributed by atoms with E-state index in [4.69, 9.17) is 16.3 Å². The van der Waals surface area contributed by atoms with E-state index in [1.54, 1.807) is 7.11 Å². The van der Waals surface area contributed by atoms with Crippen LogP contribution in [0, 0.1) is 5.82 Å². The number of rotatable bonds is 4. The Morgan fingerprint density at radius 2 is 2.21 bits per heavy atom. The van der Waals surface area contributed by atoms with Crippen LogP contribution >= 0.6 is 11.6 Å². The van der Waals surface area contributed by atoms with Gasteiger partial charge in [-0.25, -0.2) is 4.39 Å². The largest absolute Gasteiger partial charge is 0.496 e. The molecular formula is C17H17ClFN3O2. The van der Waals surface area contributed by atoms with Crippen LogP contribution in [-0.2, 0) is 6.54 Å². The maximum Gasteiger partial charge on any atom is 0.251 e. The highest BCUT2D eigenvalue weighted by Gasteiger charge is 2.22. The number of fused-ring (bicyclic) bond motifs is 1. The summed E-state index contributed by atoms with van der Waals surface area (Å²) in [5, 5.41) is 6.06. The van der Waals surface area contributed by atoms with Gasteiger partial charge in [-0.05, 0) is 30.3 Å². The third-order valence-electron chi connectivity index (χ3n) is 3.96. The van der Waals surface area contributed by atoms with Gasteiger partial charge in [-0.3, -0.25) is 4.79 Å². The van der Waals surface area contributed by atoms with Crippen molar-refractivity contribution in [3.8, 4) is 5.75 Å². The molecule has 1 aliphatic rings. The Kier molecular flexibility index (Phi) is 4.49. The fourth-order valence-corrected chi connectivity index (χ4v) is 2.87. The standard InChI is InChI=1S/C17H17ClFN3O2/c1-22-9-21-14-5-6-15(24-2)11(16(14)22)8-20-17(23)10-3-4-12(18)13(19)7-10/h3-7,21H,8-9H2,1-2H3,(H,20,23). The van der Waals surface area contributed by atoms with Crippen molar-refractivity contribution in [2.75, 3.05) is 31.0 Å². The first kappa shape index (κ1) is 16.4. The first-order chi connectivity index (χ1) is 11.5. The average molecular weight is 350 g/mol. The van der Waals surface area contributed by atoms with E-state index in [9.17, 15) is 9.18 Å². The minimum absolute atomic E-state index is 0.0122. The Labute approximate surface area is 144 Å². The number of nitrogens with one attached hydrogen (secondary N) is 2. The number of amides is 1. The molecule has 0 fully saturated rings. The number of ether oxygens (including phenoxy) is 1. The minimum Gasteiger partial charge on any atom is -0.496 e. The number of hydrogen-bond donors (Lipinski definition) is 2. The molecule has 1 heterocycles. The molecule has 24 heavy (non-hydrogen) atoms. The summed E-state index contributed by atoms with van der Waals surface area (Å²) in [7, 11) is 3.54. The first-order valence-electron chi connectivity index (χ1n) is 7.39. The van der Waals surface area contributed by atoms with Gasteiger partial charge in [0.25, 0.3) is 5.91 Å². The number of methoxy groups -OCH3 is 1. The van der Waals surface area contributed by atoms with Gasteiger partial charge in [-0.15, -0.1) is 0 Å². The highest BCUT2D eigenvalue weighted by atomic mass is 35.5. The zero-order valence-corrected chi connectivity index (χ0v) is 14.1. The van der Waals surface area contributed by atoms with Crippen molar-refractivity contribution in [3.05, 3.63) is 52.3 Å². The van der Waals surface area contributed by atoms with E-state index in [0.717, 1.165) is 23.0 Å². The van der Waals surface area contributed by atoms with E-state index in [-0.39, 0.29) is 23.0 Å².